The topological polar surface area (TPSA) is 152 Å². The lowest BCUT2D eigenvalue weighted by atomic mass is 10.1. The molecule has 0 aliphatic carbocycles. The molecule has 0 fully saturated rings. The van der Waals surface area contributed by atoms with E-state index in [0.717, 1.165) is 16.7 Å². The van der Waals surface area contributed by atoms with E-state index in [0.29, 0.717) is 40.6 Å². The zero-order chi connectivity index (χ0) is 28.9. The van der Waals surface area contributed by atoms with Crippen LogP contribution in [0.4, 0.5) is 21.7 Å². The van der Waals surface area contributed by atoms with Crippen LogP contribution in [0, 0.1) is 5.82 Å². The van der Waals surface area contributed by atoms with Crippen molar-refractivity contribution in [2.45, 2.75) is 19.5 Å². The Hall–Kier alpha value is -5.51. The number of carbonyl (C=O) groups excluding carboxylic acids is 1. The minimum absolute atomic E-state index is 0.115. The first-order valence-electron chi connectivity index (χ1n) is 12.8. The van der Waals surface area contributed by atoms with Crippen molar-refractivity contribution < 1.29 is 14.3 Å². The largest absolute Gasteiger partial charge is 0.508 e. The smallest absolute Gasteiger partial charge is 0.255 e. The third-order valence-electron chi connectivity index (χ3n) is 6.50. The number of rotatable bonds is 8. The highest BCUT2D eigenvalue weighted by atomic mass is 19.1. The Bertz CT molecular complexity index is 1690. The van der Waals surface area contributed by atoms with Crippen LogP contribution in [0.25, 0.3) is 22.5 Å². The lowest BCUT2D eigenvalue weighted by Gasteiger charge is -2.17. The van der Waals surface area contributed by atoms with Crippen molar-refractivity contribution in [1.82, 2.24) is 20.3 Å². The Balaban J connectivity index is 1.29. The summed E-state index contributed by atoms with van der Waals surface area (Å²) < 4.78 is 13.3. The van der Waals surface area contributed by atoms with Gasteiger partial charge in [0.05, 0.1) is 35.4 Å². The molecule has 0 bridgehead atoms. The maximum atomic E-state index is 13.3. The molecule has 0 radical (unpaired) electrons. The second-order valence-electron chi connectivity index (χ2n) is 9.50. The summed E-state index contributed by atoms with van der Waals surface area (Å²) in [6.07, 6.45) is 3.08. The molecular formula is C31H28FN7O2. The molecule has 0 spiro atoms. The van der Waals surface area contributed by atoms with Crippen LogP contribution in [0.15, 0.2) is 91.3 Å². The predicted octanol–water partition coefficient (Wildman–Crippen LogP) is 5.32. The van der Waals surface area contributed by atoms with Gasteiger partial charge in [-0.15, -0.1) is 0 Å². The number of aromatic hydroxyl groups is 1. The van der Waals surface area contributed by atoms with Crippen molar-refractivity contribution in [2.75, 3.05) is 16.8 Å². The van der Waals surface area contributed by atoms with Gasteiger partial charge < -0.3 is 27.2 Å². The molecule has 5 rings (SSSR count). The zero-order valence-corrected chi connectivity index (χ0v) is 22.2. The molecule has 2 aromatic heterocycles. The Labute approximate surface area is 236 Å². The van der Waals surface area contributed by atoms with Gasteiger partial charge in [0.25, 0.3) is 5.91 Å². The first-order chi connectivity index (χ1) is 19.8. The van der Waals surface area contributed by atoms with Crippen molar-refractivity contribution in [3.05, 3.63) is 114 Å². The van der Waals surface area contributed by atoms with Crippen LogP contribution in [-0.2, 0) is 6.54 Å². The van der Waals surface area contributed by atoms with E-state index in [4.69, 9.17) is 11.5 Å². The number of hydrogen-bond donors (Lipinski definition) is 5. The number of nitrogen functional groups attached to an aromatic ring is 2. The van der Waals surface area contributed by atoms with Gasteiger partial charge in [-0.25, -0.2) is 19.3 Å². The third kappa shape index (κ3) is 6.39. The van der Waals surface area contributed by atoms with E-state index in [1.807, 2.05) is 37.3 Å². The SMILES string of the molecule is CC(NC(=O)c1cc(N)cnc1NCc1ccc(-c2cnc(N)c(-c3cccc(O)c3)n2)cc1)c1ccc(F)cc1. The molecule has 1 amide bonds. The molecule has 9 nitrogen and oxygen atoms in total. The molecule has 0 saturated heterocycles. The summed E-state index contributed by atoms with van der Waals surface area (Å²) in [4.78, 5) is 26.4. The van der Waals surface area contributed by atoms with E-state index >= 15 is 0 Å². The van der Waals surface area contributed by atoms with Crippen LogP contribution in [0.5, 0.6) is 5.75 Å². The Kier molecular flexibility index (Phi) is 7.73. The molecule has 206 valence electrons. The normalized spacial score (nSPS) is 11.6. The van der Waals surface area contributed by atoms with E-state index in [2.05, 4.69) is 25.6 Å². The summed E-state index contributed by atoms with van der Waals surface area (Å²) in [5, 5.41) is 16.0. The molecular weight excluding hydrogens is 521 g/mol. The maximum absolute atomic E-state index is 13.3. The number of hydrogen-bond acceptors (Lipinski definition) is 8. The monoisotopic (exact) mass is 549 g/mol. The molecule has 1 unspecified atom stereocenters. The lowest BCUT2D eigenvalue weighted by molar-refractivity contribution is 0.0940. The fourth-order valence-electron chi connectivity index (χ4n) is 4.29. The van der Waals surface area contributed by atoms with Crippen molar-refractivity contribution in [3.8, 4) is 28.3 Å². The van der Waals surface area contributed by atoms with Gasteiger partial charge >= 0.3 is 0 Å². The van der Waals surface area contributed by atoms with Crippen LogP contribution in [0.3, 0.4) is 0 Å². The lowest BCUT2D eigenvalue weighted by Crippen LogP contribution is -2.28. The van der Waals surface area contributed by atoms with Gasteiger partial charge in [0.1, 0.15) is 28.9 Å². The quantitative estimate of drug-likeness (QED) is 0.174. The molecule has 1 atom stereocenters. The average molecular weight is 550 g/mol. The molecule has 3 aromatic carbocycles. The van der Waals surface area contributed by atoms with Gasteiger partial charge in [-0.05, 0) is 48.4 Å². The number of benzene rings is 3. The molecule has 41 heavy (non-hydrogen) atoms. The summed E-state index contributed by atoms with van der Waals surface area (Å²) in [5.74, 6) is 0.0649. The van der Waals surface area contributed by atoms with E-state index in [1.54, 1.807) is 42.6 Å². The van der Waals surface area contributed by atoms with E-state index in [1.165, 1.54) is 18.3 Å². The van der Waals surface area contributed by atoms with Crippen LogP contribution in [0.1, 0.15) is 34.5 Å². The fourth-order valence-corrected chi connectivity index (χ4v) is 4.29. The molecule has 7 N–H and O–H groups in total. The highest BCUT2D eigenvalue weighted by Crippen LogP contribution is 2.28. The van der Waals surface area contributed by atoms with Crippen molar-refractivity contribution in [2.24, 2.45) is 0 Å². The number of nitrogens with one attached hydrogen (secondary N) is 2. The Morgan fingerprint density at radius 3 is 2.44 bits per heavy atom. The van der Waals surface area contributed by atoms with Crippen molar-refractivity contribution >= 4 is 23.2 Å². The third-order valence-corrected chi connectivity index (χ3v) is 6.50. The molecule has 5 aromatic rings. The maximum Gasteiger partial charge on any atom is 0.255 e. The second-order valence-corrected chi connectivity index (χ2v) is 9.50. The fraction of sp³-hybridized carbons (Fsp3) is 0.0968. The number of phenols is 1. The van der Waals surface area contributed by atoms with E-state index in [9.17, 15) is 14.3 Å². The predicted molar refractivity (Wildman–Crippen MR) is 157 cm³/mol. The molecule has 0 aliphatic heterocycles. The number of carbonyl (C=O) groups is 1. The Morgan fingerprint density at radius 2 is 1.71 bits per heavy atom. The minimum Gasteiger partial charge on any atom is -0.508 e. The van der Waals surface area contributed by atoms with Crippen LogP contribution in [-0.4, -0.2) is 26.0 Å². The van der Waals surface area contributed by atoms with Gasteiger partial charge in [-0.1, -0.05) is 48.5 Å². The Morgan fingerprint density at radius 1 is 0.951 bits per heavy atom. The number of halogens is 1. The number of nitrogens with two attached hydrogens (primary N) is 2. The van der Waals surface area contributed by atoms with E-state index < -0.39 is 0 Å². The standard InChI is InChI=1S/C31H28FN7O2/c1-18(20-9-11-23(32)12-10-20)38-31(41)26-14-24(33)16-37-30(26)36-15-19-5-7-21(8-6-19)27-17-35-29(34)28(39-27)22-3-2-4-25(40)13-22/h2-14,16-18,40H,15,33H2,1H3,(H2,34,35)(H,36,37)(H,38,41). The second kappa shape index (κ2) is 11.7. The molecule has 2 heterocycles. The average Bonchev–Trinajstić information content (AvgIpc) is 2.97. The molecule has 10 heteroatoms. The van der Waals surface area contributed by atoms with Crippen LogP contribution in [0.2, 0.25) is 0 Å². The highest BCUT2D eigenvalue weighted by Gasteiger charge is 2.17. The number of phenolic OH excluding ortho intramolecular Hbond substituents is 1. The van der Waals surface area contributed by atoms with Gasteiger partial charge in [0.15, 0.2) is 0 Å². The van der Waals surface area contributed by atoms with Crippen molar-refractivity contribution in [1.29, 1.82) is 0 Å². The van der Waals surface area contributed by atoms with Gasteiger partial charge in [-0.2, -0.15) is 0 Å². The minimum atomic E-state index is -0.357. The zero-order valence-electron chi connectivity index (χ0n) is 22.2. The first-order valence-corrected chi connectivity index (χ1v) is 12.8. The van der Waals surface area contributed by atoms with E-state index in [-0.39, 0.29) is 29.3 Å². The number of amides is 1. The molecule has 0 saturated carbocycles. The highest BCUT2D eigenvalue weighted by molar-refractivity contribution is 5.99. The van der Waals surface area contributed by atoms with Crippen molar-refractivity contribution in [3.63, 3.8) is 0 Å². The summed E-state index contributed by atoms with van der Waals surface area (Å²) in [6, 6.07) is 21.6. The summed E-state index contributed by atoms with van der Waals surface area (Å²) in [5.41, 5.74) is 17.0. The summed E-state index contributed by atoms with van der Waals surface area (Å²) in [7, 11) is 0. The number of nitrogens with zero attached hydrogens (tertiary/aromatic N) is 3. The van der Waals surface area contributed by atoms with Crippen LogP contribution < -0.4 is 22.1 Å². The molecule has 0 aliphatic rings. The van der Waals surface area contributed by atoms with Gasteiger partial charge in [0, 0.05) is 17.7 Å². The number of pyridine rings is 1. The van der Waals surface area contributed by atoms with Gasteiger partial charge in [-0.3, -0.25) is 4.79 Å². The summed E-state index contributed by atoms with van der Waals surface area (Å²) in [6.45, 7) is 2.21. The first kappa shape index (κ1) is 27.1. The summed E-state index contributed by atoms with van der Waals surface area (Å²) >= 11 is 0. The number of aromatic nitrogens is 3. The van der Waals surface area contributed by atoms with Gasteiger partial charge in [0.2, 0.25) is 0 Å². The van der Waals surface area contributed by atoms with Crippen LogP contribution >= 0.6 is 0 Å². The number of anilines is 3.